The number of aromatic nitrogens is 2. The number of nitrogens with zero attached hydrogens (tertiary/aromatic N) is 4. The SMILES string of the molecule is O=S(=O)(c1ccccc1)n1cc(CN(CCCCNCC(O)N2CCCCC2)Cc2cccnc2F)c2ccccc21.[HH]. The Morgan fingerprint density at radius 3 is 2.48 bits per heavy atom. The second-order valence-corrected chi connectivity index (χ2v) is 12.8. The summed E-state index contributed by atoms with van der Waals surface area (Å²) in [7, 11) is -3.79. The first-order chi connectivity index (χ1) is 20.4. The fraction of sp³-hybridized carbons (Fsp3) is 0.406. The number of fused-ring (bicyclic) bond motifs is 1. The summed E-state index contributed by atoms with van der Waals surface area (Å²) in [4.78, 5) is 8.32. The Labute approximate surface area is 249 Å². The van der Waals surface area contributed by atoms with Crippen LogP contribution in [0, 0.1) is 5.95 Å². The molecule has 8 nitrogen and oxygen atoms in total. The van der Waals surface area contributed by atoms with Crippen molar-refractivity contribution in [1.82, 2.24) is 24.1 Å². The number of halogens is 1. The quantitative estimate of drug-likeness (QED) is 0.159. The summed E-state index contributed by atoms with van der Waals surface area (Å²) in [5.41, 5.74) is 1.97. The summed E-state index contributed by atoms with van der Waals surface area (Å²) in [6.07, 6.45) is 7.94. The summed E-state index contributed by atoms with van der Waals surface area (Å²) in [6, 6.07) is 19.4. The van der Waals surface area contributed by atoms with Gasteiger partial charge in [-0.2, -0.15) is 4.39 Å². The average molecular weight is 596 g/mol. The van der Waals surface area contributed by atoms with Crippen LogP contribution in [0.4, 0.5) is 4.39 Å². The van der Waals surface area contributed by atoms with Crippen LogP contribution in [-0.2, 0) is 23.1 Å². The number of para-hydroxylation sites is 1. The van der Waals surface area contributed by atoms with Crippen molar-refractivity contribution in [1.29, 1.82) is 0 Å². The molecule has 0 spiro atoms. The molecule has 3 heterocycles. The minimum atomic E-state index is -3.79. The van der Waals surface area contributed by atoms with E-state index in [0.717, 1.165) is 56.3 Å². The minimum absolute atomic E-state index is 0. The van der Waals surface area contributed by atoms with Crippen molar-refractivity contribution in [3.8, 4) is 0 Å². The van der Waals surface area contributed by atoms with Crippen LogP contribution in [0.1, 0.15) is 44.7 Å². The summed E-state index contributed by atoms with van der Waals surface area (Å²) < 4.78 is 43.0. The predicted molar refractivity (Wildman–Crippen MR) is 165 cm³/mol. The van der Waals surface area contributed by atoms with E-state index in [2.05, 4.69) is 20.1 Å². The van der Waals surface area contributed by atoms with Gasteiger partial charge >= 0.3 is 0 Å². The van der Waals surface area contributed by atoms with Gasteiger partial charge in [0.1, 0.15) is 6.23 Å². The van der Waals surface area contributed by atoms with Gasteiger partial charge < -0.3 is 10.4 Å². The average Bonchev–Trinajstić information content (AvgIpc) is 3.39. The summed E-state index contributed by atoms with van der Waals surface area (Å²) >= 11 is 0. The normalized spacial score (nSPS) is 15.4. The van der Waals surface area contributed by atoms with Crippen LogP contribution < -0.4 is 5.32 Å². The number of likely N-dealkylation sites (tertiary alicyclic amines) is 1. The standard InChI is InChI=1S/C32H40FN5O3S.H2/c33-32-26(12-11-18-35-32)23-36(19-10-7-17-34-22-31(39)37-20-8-2-9-21-37)24-27-25-38(30-16-6-5-15-29(27)30)42(40,41)28-13-3-1-4-14-28;/h1,3-6,11-16,18,25,31,34,39H,2,7-10,17,19-24H2;1H. The number of aliphatic hydroxyl groups excluding tert-OH is 1. The van der Waals surface area contributed by atoms with Gasteiger partial charge in [0.05, 0.1) is 10.4 Å². The molecule has 1 atom stereocenters. The highest BCUT2D eigenvalue weighted by molar-refractivity contribution is 7.90. The van der Waals surface area contributed by atoms with E-state index in [4.69, 9.17) is 0 Å². The molecular weight excluding hydrogens is 553 g/mol. The predicted octanol–water partition coefficient (Wildman–Crippen LogP) is 4.83. The van der Waals surface area contributed by atoms with Gasteiger partial charge in [-0.05, 0) is 68.6 Å². The fourth-order valence-electron chi connectivity index (χ4n) is 5.64. The lowest BCUT2D eigenvalue weighted by molar-refractivity contribution is -0.00640. The molecule has 42 heavy (non-hydrogen) atoms. The maximum absolute atomic E-state index is 14.5. The Hall–Kier alpha value is -3.15. The molecule has 2 N–H and O–H groups in total. The second kappa shape index (κ2) is 14.3. The Bertz CT molecular complexity index is 1550. The van der Waals surface area contributed by atoms with Crippen LogP contribution in [0.2, 0.25) is 0 Å². The van der Waals surface area contributed by atoms with E-state index >= 15 is 0 Å². The third-order valence-electron chi connectivity index (χ3n) is 7.90. The largest absolute Gasteiger partial charge is 0.377 e. The molecule has 0 radical (unpaired) electrons. The van der Waals surface area contributed by atoms with Crippen molar-refractivity contribution in [3.05, 3.63) is 96.2 Å². The highest BCUT2D eigenvalue weighted by atomic mass is 32.2. The molecule has 4 aromatic rings. The number of piperidine rings is 1. The van der Waals surface area contributed by atoms with Gasteiger partial charge in [-0.3, -0.25) is 9.80 Å². The van der Waals surface area contributed by atoms with Crippen LogP contribution in [0.5, 0.6) is 0 Å². The number of pyridine rings is 1. The Morgan fingerprint density at radius 1 is 0.952 bits per heavy atom. The number of unbranched alkanes of at least 4 members (excludes halogenated alkanes) is 1. The maximum Gasteiger partial charge on any atom is 0.268 e. The van der Waals surface area contributed by atoms with Crippen molar-refractivity contribution >= 4 is 20.9 Å². The molecule has 1 fully saturated rings. The monoisotopic (exact) mass is 595 g/mol. The molecule has 0 saturated carbocycles. The number of nitrogens with one attached hydrogen (secondary N) is 1. The molecule has 2 aromatic carbocycles. The molecule has 1 unspecified atom stereocenters. The summed E-state index contributed by atoms with van der Waals surface area (Å²) in [5, 5.41) is 14.7. The van der Waals surface area contributed by atoms with E-state index in [1.54, 1.807) is 48.7 Å². The number of aliphatic hydroxyl groups is 1. The lowest BCUT2D eigenvalue weighted by Gasteiger charge is -2.31. The zero-order valence-corrected chi connectivity index (χ0v) is 24.7. The number of rotatable bonds is 14. The molecule has 1 aliphatic heterocycles. The van der Waals surface area contributed by atoms with Crippen LogP contribution in [0.3, 0.4) is 0 Å². The number of benzene rings is 2. The van der Waals surface area contributed by atoms with Gasteiger partial charge in [0.2, 0.25) is 5.95 Å². The molecule has 2 aromatic heterocycles. The van der Waals surface area contributed by atoms with E-state index in [0.29, 0.717) is 37.3 Å². The van der Waals surface area contributed by atoms with Crippen molar-refractivity contribution < 1.29 is 19.3 Å². The third kappa shape index (κ3) is 7.43. The Morgan fingerprint density at radius 2 is 1.69 bits per heavy atom. The van der Waals surface area contributed by atoms with Crippen molar-refractivity contribution in [2.45, 2.75) is 56.3 Å². The van der Waals surface area contributed by atoms with Gasteiger partial charge in [-0.15, -0.1) is 0 Å². The van der Waals surface area contributed by atoms with E-state index in [1.165, 1.54) is 16.6 Å². The molecule has 0 bridgehead atoms. The molecular formula is C32H42FN5O3S. The van der Waals surface area contributed by atoms with E-state index in [9.17, 15) is 17.9 Å². The van der Waals surface area contributed by atoms with Crippen LogP contribution in [0.15, 0.2) is 84.0 Å². The van der Waals surface area contributed by atoms with Crippen LogP contribution in [0.25, 0.3) is 10.9 Å². The van der Waals surface area contributed by atoms with Gasteiger partial charge in [-0.25, -0.2) is 17.4 Å². The molecule has 0 amide bonds. The summed E-state index contributed by atoms with van der Waals surface area (Å²) in [5.74, 6) is -0.495. The topological polar surface area (TPSA) is 90.7 Å². The van der Waals surface area contributed by atoms with E-state index in [-0.39, 0.29) is 6.32 Å². The fourth-order valence-corrected chi connectivity index (χ4v) is 7.06. The first kappa shape index (κ1) is 30.3. The van der Waals surface area contributed by atoms with Crippen LogP contribution in [-0.4, -0.2) is 71.2 Å². The number of hydrogen-bond acceptors (Lipinski definition) is 7. The minimum Gasteiger partial charge on any atom is -0.377 e. The van der Waals surface area contributed by atoms with Gasteiger partial charge in [0, 0.05) is 57.5 Å². The van der Waals surface area contributed by atoms with E-state index < -0.39 is 22.2 Å². The molecule has 1 saturated heterocycles. The zero-order chi connectivity index (χ0) is 29.4. The zero-order valence-electron chi connectivity index (χ0n) is 23.9. The maximum atomic E-state index is 14.5. The molecule has 226 valence electrons. The third-order valence-corrected chi connectivity index (χ3v) is 9.59. The number of hydrogen-bond donors (Lipinski definition) is 2. The highest BCUT2D eigenvalue weighted by Crippen LogP contribution is 2.27. The molecule has 10 heteroatoms. The van der Waals surface area contributed by atoms with Crippen molar-refractivity contribution in [3.63, 3.8) is 0 Å². The summed E-state index contributed by atoms with van der Waals surface area (Å²) in [6.45, 7) is 4.71. The van der Waals surface area contributed by atoms with E-state index in [1.807, 2.05) is 24.3 Å². The van der Waals surface area contributed by atoms with Gasteiger partial charge in [0.25, 0.3) is 10.0 Å². The molecule has 0 aliphatic carbocycles. The molecule has 5 rings (SSSR count). The first-order valence-electron chi connectivity index (χ1n) is 14.8. The van der Waals surface area contributed by atoms with Crippen LogP contribution >= 0.6 is 0 Å². The first-order valence-corrected chi connectivity index (χ1v) is 16.2. The van der Waals surface area contributed by atoms with Crippen molar-refractivity contribution in [2.24, 2.45) is 0 Å². The van der Waals surface area contributed by atoms with Crippen molar-refractivity contribution in [2.75, 3.05) is 32.7 Å². The lowest BCUT2D eigenvalue weighted by atomic mass is 10.1. The molecule has 1 aliphatic rings. The Balaban J connectivity index is 0.00000423. The Kier molecular flexibility index (Phi) is 10.4. The van der Waals surface area contributed by atoms with Gasteiger partial charge in [-0.1, -0.05) is 48.9 Å². The lowest BCUT2D eigenvalue weighted by Crippen LogP contribution is -2.45. The second-order valence-electron chi connectivity index (χ2n) is 10.9. The highest BCUT2D eigenvalue weighted by Gasteiger charge is 2.22. The smallest absolute Gasteiger partial charge is 0.268 e. The van der Waals surface area contributed by atoms with Gasteiger partial charge in [0.15, 0.2) is 0 Å².